The number of rotatable bonds is 3. The molecule has 3 rings (SSSR count). The second kappa shape index (κ2) is 6.07. The summed E-state index contributed by atoms with van der Waals surface area (Å²) in [5, 5.41) is 6.59. The standard InChI is InChI=1S/C17H24N4OS/c1-5-13-12-7-9-23-14(12)6-8-21(13)15(22)10-20-11-18-16(19-20)17(2,3)4/h7,9,11,13H,5-6,8,10H2,1-4H3. The van der Waals surface area contributed by atoms with Crippen LogP contribution < -0.4 is 0 Å². The molecule has 0 N–H and O–H groups in total. The lowest BCUT2D eigenvalue weighted by Crippen LogP contribution is -2.41. The van der Waals surface area contributed by atoms with Gasteiger partial charge in [-0.25, -0.2) is 9.67 Å². The number of carbonyl (C=O) groups is 1. The third kappa shape index (κ3) is 3.17. The van der Waals surface area contributed by atoms with Crippen molar-refractivity contribution in [2.45, 2.75) is 58.5 Å². The molecule has 1 aliphatic heterocycles. The topological polar surface area (TPSA) is 51.0 Å². The average molecular weight is 332 g/mol. The normalized spacial score (nSPS) is 18.1. The minimum absolute atomic E-state index is 0.100. The first-order valence-corrected chi connectivity index (χ1v) is 9.03. The number of carbonyl (C=O) groups excluding carboxylic acids is 1. The molecule has 0 aromatic carbocycles. The third-order valence-electron chi connectivity index (χ3n) is 4.31. The number of aromatic nitrogens is 3. The Labute approximate surface area is 141 Å². The van der Waals surface area contributed by atoms with Gasteiger partial charge in [0.25, 0.3) is 0 Å². The van der Waals surface area contributed by atoms with Crippen LogP contribution in [0.25, 0.3) is 0 Å². The van der Waals surface area contributed by atoms with Crippen LogP contribution in [-0.4, -0.2) is 32.1 Å². The number of hydrogen-bond acceptors (Lipinski definition) is 4. The lowest BCUT2D eigenvalue weighted by atomic mass is 9.96. The van der Waals surface area contributed by atoms with Gasteiger partial charge in [0.15, 0.2) is 5.82 Å². The molecule has 5 nitrogen and oxygen atoms in total. The van der Waals surface area contributed by atoms with Crippen molar-refractivity contribution in [2.24, 2.45) is 0 Å². The van der Waals surface area contributed by atoms with Crippen LogP contribution in [0.2, 0.25) is 0 Å². The Balaban J connectivity index is 1.75. The summed E-state index contributed by atoms with van der Waals surface area (Å²) < 4.78 is 1.67. The number of hydrogen-bond donors (Lipinski definition) is 0. The predicted molar refractivity (Wildman–Crippen MR) is 91.5 cm³/mol. The van der Waals surface area contributed by atoms with Gasteiger partial charge in [-0.2, -0.15) is 5.10 Å². The van der Waals surface area contributed by atoms with Gasteiger partial charge in [-0.1, -0.05) is 27.7 Å². The van der Waals surface area contributed by atoms with Gasteiger partial charge in [0.2, 0.25) is 5.91 Å². The Hall–Kier alpha value is -1.69. The fourth-order valence-electron chi connectivity index (χ4n) is 3.08. The van der Waals surface area contributed by atoms with E-state index < -0.39 is 0 Å². The molecule has 1 amide bonds. The first-order valence-electron chi connectivity index (χ1n) is 8.15. The van der Waals surface area contributed by atoms with Crippen LogP contribution in [0.4, 0.5) is 0 Å². The lowest BCUT2D eigenvalue weighted by molar-refractivity contribution is -0.135. The molecule has 6 heteroatoms. The van der Waals surface area contributed by atoms with E-state index in [1.165, 1.54) is 10.4 Å². The Morgan fingerprint density at radius 2 is 2.22 bits per heavy atom. The Kier molecular flexibility index (Phi) is 4.27. The smallest absolute Gasteiger partial charge is 0.244 e. The highest BCUT2D eigenvalue weighted by Gasteiger charge is 2.30. The van der Waals surface area contributed by atoms with Crippen LogP contribution >= 0.6 is 11.3 Å². The summed E-state index contributed by atoms with van der Waals surface area (Å²) in [5.41, 5.74) is 1.22. The molecule has 2 aromatic rings. The number of nitrogens with zero attached hydrogens (tertiary/aromatic N) is 4. The Morgan fingerprint density at radius 3 is 2.87 bits per heavy atom. The van der Waals surface area contributed by atoms with Crippen LogP contribution in [0.15, 0.2) is 17.8 Å². The summed E-state index contributed by atoms with van der Waals surface area (Å²) >= 11 is 1.80. The van der Waals surface area contributed by atoms with Gasteiger partial charge in [-0.05, 0) is 29.9 Å². The zero-order valence-electron chi connectivity index (χ0n) is 14.2. The minimum Gasteiger partial charge on any atom is -0.334 e. The van der Waals surface area contributed by atoms with E-state index in [-0.39, 0.29) is 23.9 Å². The van der Waals surface area contributed by atoms with Gasteiger partial charge in [0.05, 0.1) is 6.04 Å². The fourth-order valence-corrected chi connectivity index (χ4v) is 4.01. The summed E-state index contributed by atoms with van der Waals surface area (Å²) in [6.07, 6.45) is 3.57. The fraction of sp³-hybridized carbons (Fsp3) is 0.588. The zero-order chi connectivity index (χ0) is 16.6. The third-order valence-corrected chi connectivity index (χ3v) is 5.30. The maximum atomic E-state index is 12.8. The molecule has 0 fully saturated rings. The van der Waals surface area contributed by atoms with Crippen LogP contribution in [0.1, 0.15) is 56.4 Å². The molecule has 23 heavy (non-hydrogen) atoms. The average Bonchev–Trinajstić information content (AvgIpc) is 3.13. The Bertz CT molecular complexity index is 698. The molecule has 2 aromatic heterocycles. The summed E-state index contributed by atoms with van der Waals surface area (Å²) in [6, 6.07) is 2.36. The highest BCUT2D eigenvalue weighted by Crippen LogP contribution is 2.35. The number of fused-ring (bicyclic) bond motifs is 1. The molecule has 0 saturated carbocycles. The predicted octanol–water partition coefficient (Wildman–Crippen LogP) is 3.17. The number of thiophene rings is 1. The largest absolute Gasteiger partial charge is 0.334 e. The van der Waals surface area contributed by atoms with E-state index in [1.54, 1.807) is 22.3 Å². The van der Waals surface area contributed by atoms with Gasteiger partial charge >= 0.3 is 0 Å². The molecule has 0 saturated heterocycles. The van der Waals surface area contributed by atoms with Crippen molar-refractivity contribution < 1.29 is 4.79 Å². The molecule has 0 spiro atoms. The van der Waals surface area contributed by atoms with Crippen molar-refractivity contribution in [3.63, 3.8) is 0 Å². The van der Waals surface area contributed by atoms with Crippen molar-refractivity contribution in [3.05, 3.63) is 34.0 Å². The van der Waals surface area contributed by atoms with Crippen LogP contribution in [-0.2, 0) is 23.2 Å². The summed E-state index contributed by atoms with van der Waals surface area (Å²) in [4.78, 5) is 20.5. The molecule has 1 atom stereocenters. The van der Waals surface area contributed by atoms with Crippen molar-refractivity contribution in [3.8, 4) is 0 Å². The van der Waals surface area contributed by atoms with Crippen LogP contribution in [0.3, 0.4) is 0 Å². The van der Waals surface area contributed by atoms with Crippen molar-refractivity contribution >= 4 is 17.2 Å². The lowest BCUT2D eigenvalue weighted by Gasteiger charge is -2.35. The van der Waals surface area contributed by atoms with Gasteiger partial charge in [-0.15, -0.1) is 11.3 Å². The second-order valence-electron chi connectivity index (χ2n) is 7.08. The van der Waals surface area contributed by atoms with Crippen molar-refractivity contribution in [1.82, 2.24) is 19.7 Å². The van der Waals surface area contributed by atoms with Gasteiger partial charge < -0.3 is 4.90 Å². The minimum atomic E-state index is -0.100. The first-order chi connectivity index (χ1) is 10.9. The monoisotopic (exact) mass is 332 g/mol. The molecule has 3 heterocycles. The molecule has 1 aliphatic rings. The highest BCUT2D eigenvalue weighted by atomic mass is 32.1. The SMILES string of the molecule is CCC1c2ccsc2CCN1C(=O)Cn1cnc(C(C)(C)C)n1. The summed E-state index contributed by atoms with van der Waals surface area (Å²) in [6.45, 7) is 9.43. The quantitative estimate of drug-likeness (QED) is 0.867. The molecule has 124 valence electrons. The van der Waals surface area contributed by atoms with Crippen LogP contribution in [0, 0.1) is 0 Å². The summed E-state index contributed by atoms with van der Waals surface area (Å²) in [5.74, 6) is 0.898. The van der Waals surface area contributed by atoms with E-state index in [1.807, 2.05) is 4.90 Å². The van der Waals surface area contributed by atoms with Crippen molar-refractivity contribution in [1.29, 1.82) is 0 Å². The van der Waals surface area contributed by atoms with Gasteiger partial charge in [0, 0.05) is 16.8 Å². The van der Waals surface area contributed by atoms with E-state index in [4.69, 9.17) is 0 Å². The maximum Gasteiger partial charge on any atom is 0.244 e. The van der Waals surface area contributed by atoms with E-state index >= 15 is 0 Å². The van der Waals surface area contributed by atoms with E-state index in [2.05, 4.69) is 49.2 Å². The molecular weight excluding hydrogens is 308 g/mol. The molecule has 1 unspecified atom stereocenters. The maximum absolute atomic E-state index is 12.8. The first kappa shape index (κ1) is 16.2. The van der Waals surface area contributed by atoms with E-state index in [9.17, 15) is 4.79 Å². The van der Waals surface area contributed by atoms with E-state index in [0.717, 1.165) is 25.2 Å². The Morgan fingerprint density at radius 1 is 1.43 bits per heavy atom. The molecule has 0 aliphatic carbocycles. The zero-order valence-corrected chi connectivity index (χ0v) is 15.1. The number of amides is 1. The van der Waals surface area contributed by atoms with Gasteiger partial charge in [-0.3, -0.25) is 4.79 Å². The molecule has 0 bridgehead atoms. The van der Waals surface area contributed by atoms with E-state index in [0.29, 0.717) is 0 Å². The van der Waals surface area contributed by atoms with Gasteiger partial charge in [0.1, 0.15) is 12.9 Å². The molecule has 0 radical (unpaired) electrons. The highest BCUT2D eigenvalue weighted by molar-refractivity contribution is 7.10. The summed E-state index contributed by atoms with van der Waals surface area (Å²) in [7, 11) is 0. The molecular formula is C17H24N4OS. The second-order valence-corrected chi connectivity index (χ2v) is 8.08. The van der Waals surface area contributed by atoms with Crippen LogP contribution in [0.5, 0.6) is 0 Å². The van der Waals surface area contributed by atoms with Crippen molar-refractivity contribution in [2.75, 3.05) is 6.54 Å².